The molecule has 128 valence electrons. The molecule has 2 aromatic rings. The van der Waals surface area contributed by atoms with E-state index in [0.29, 0.717) is 30.8 Å². The van der Waals surface area contributed by atoms with Crippen LogP contribution < -0.4 is 0 Å². The molecule has 0 bridgehead atoms. The summed E-state index contributed by atoms with van der Waals surface area (Å²) in [5.74, 6) is -0.00500. The number of aromatic nitrogens is 3. The van der Waals surface area contributed by atoms with Crippen molar-refractivity contribution in [3.8, 4) is 0 Å². The van der Waals surface area contributed by atoms with Crippen molar-refractivity contribution in [1.82, 2.24) is 25.2 Å². The van der Waals surface area contributed by atoms with E-state index in [1.165, 1.54) is 0 Å². The fourth-order valence-corrected chi connectivity index (χ4v) is 3.21. The topological polar surface area (TPSA) is 85.4 Å². The third-order valence-electron chi connectivity index (χ3n) is 4.43. The van der Waals surface area contributed by atoms with Gasteiger partial charge in [-0.1, -0.05) is 12.1 Å². The first kappa shape index (κ1) is 16.6. The van der Waals surface area contributed by atoms with Gasteiger partial charge in [-0.2, -0.15) is 15.4 Å². The number of benzene rings is 1. The molecule has 7 nitrogen and oxygen atoms in total. The molecule has 7 heteroatoms. The van der Waals surface area contributed by atoms with E-state index in [4.69, 9.17) is 0 Å². The summed E-state index contributed by atoms with van der Waals surface area (Å²) in [5, 5.41) is 21.3. The molecule has 0 saturated carbocycles. The Bertz CT molecular complexity index is 701. The first-order chi connectivity index (χ1) is 11.5. The molecule has 1 saturated heterocycles. The van der Waals surface area contributed by atoms with Crippen LogP contribution in [0.2, 0.25) is 0 Å². The number of rotatable bonds is 4. The van der Waals surface area contributed by atoms with Gasteiger partial charge in [0.15, 0.2) is 0 Å². The molecule has 2 N–H and O–H groups in total. The van der Waals surface area contributed by atoms with Crippen molar-refractivity contribution in [3.05, 3.63) is 47.3 Å². The maximum atomic E-state index is 12.1. The third-order valence-corrected chi connectivity index (χ3v) is 4.43. The van der Waals surface area contributed by atoms with Crippen LogP contribution in [0.15, 0.2) is 30.5 Å². The molecule has 1 amide bonds. The van der Waals surface area contributed by atoms with E-state index >= 15 is 0 Å². The van der Waals surface area contributed by atoms with Crippen molar-refractivity contribution in [3.63, 3.8) is 0 Å². The van der Waals surface area contributed by atoms with Crippen molar-refractivity contribution < 1.29 is 9.90 Å². The summed E-state index contributed by atoms with van der Waals surface area (Å²) in [4.78, 5) is 15.9. The number of carbonyl (C=O) groups excluding carboxylic acids is 1. The SMILES string of the molecule is CN(C)C(=O)c1cccc(CN2CCCC(O)(c3cn[nH]n3)C2)c1. The first-order valence-electron chi connectivity index (χ1n) is 8.09. The van der Waals surface area contributed by atoms with E-state index in [2.05, 4.69) is 20.3 Å². The number of aromatic amines is 1. The molecule has 1 atom stereocenters. The van der Waals surface area contributed by atoms with E-state index < -0.39 is 5.60 Å². The highest BCUT2D eigenvalue weighted by molar-refractivity contribution is 5.94. The fraction of sp³-hybridized carbons (Fsp3) is 0.471. The number of aliphatic hydroxyl groups is 1. The van der Waals surface area contributed by atoms with Gasteiger partial charge >= 0.3 is 0 Å². The molecule has 1 aromatic carbocycles. The van der Waals surface area contributed by atoms with E-state index in [9.17, 15) is 9.90 Å². The van der Waals surface area contributed by atoms with Crippen LogP contribution in [0.25, 0.3) is 0 Å². The summed E-state index contributed by atoms with van der Waals surface area (Å²) in [6.07, 6.45) is 3.15. The standard InChI is InChI=1S/C17H23N5O2/c1-21(2)16(23)14-6-3-5-13(9-14)11-22-8-4-7-17(24,12-22)15-10-18-20-19-15/h3,5-6,9-10,24H,4,7-8,11-12H2,1-2H3,(H,18,19,20). The van der Waals surface area contributed by atoms with Crippen LogP contribution in [0.1, 0.15) is 34.5 Å². The average molecular weight is 329 g/mol. The fourth-order valence-electron chi connectivity index (χ4n) is 3.21. The Morgan fingerprint density at radius 3 is 3.00 bits per heavy atom. The first-order valence-corrected chi connectivity index (χ1v) is 8.09. The largest absolute Gasteiger partial charge is 0.382 e. The molecule has 0 radical (unpaired) electrons. The summed E-state index contributed by atoms with van der Waals surface area (Å²) in [5.41, 5.74) is 1.36. The number of H-pyrrole nitrogens is 1. The molecule has 2 heterocycles. The van der Waals surface area contributed by atoms with Gasteiger partial charge in [0.25, 0.3) is 5.91 Å². The quantitative estimate of drug-likeness (QED) is 0.874. The normalized spacial score (nSPS) is 21.6. The number of nitrogens with zero attached hydrogens (tertiary/aromatic N) is 4. The number of hydrogen-bond donors (Lipinski definition) is 2. The zero-order valence-electron chi connectivity index (χ0n) is 14.1. The van der Waals surface area contributed by atoms with Gasteiger partial charge in [0.05, 0.1) is 6.20 Å². The Balaban J connectivity index is 1.72. The third kappa shape index (κ3) is 3.47. The maximum Gasteiger partial charge on any atom is 0.253 e. The summed E-state index contributed by atoms with van der Waals surface area (Å²) >= 11 is 0. The predicted octanol–water partition coefficient (Wildman–Crippen LogP) is 0.990. The highest BCUT2D eigenvalue weighted by atomic mass is 16.3. The van der Waals surface area contributed by atoms with Crippen LogP contribution in [0.3, 0.4) is 0 Å². The smallest absolute Gasteiger partial charge is 0.253 e. The lowest BCUT2D eigenvalue weighted by atomic mass is 9.90. The zero-order chi connectivity index (χ0) is 17.2. The molecule has 1 fully saturated rings. The van der Waals surface area contributed by atoms with Gasteiger partial charge in [-0.05, 0) is 37.1 Å². The van der Waals surface area contributed by atoms with Crippen molar-refractivity contribution >= 4 is 5.91 Å². The van der Waals surface area contributed by atoms with Gasteiger partial charge in [0.1, 0.15) is 11.3 Å². The Kier molecular flexibility index (Phi) is 4.64. The Morgan fingerprint density at radius 2 is 2.29 bits per heavy atom. The second-order valence-corrected chi connectivity index (χ2v) is 6.60. The summed E-state index contributed by atoms with van der Waals surface area (Å²) in [6.45, 7) is 2.10. The van der Waals surface area contributed by atoms with Gasteiger partial charge in [-0.25, -0.2) is 0 Å². The molecule has 1 unspecified atom stereocenters. The van der Waals surface area contributed by atoms with E-state index in [0.717, 1.165) is 18.5 Å². The number of amides is 1. The number of likely N-dealkylation sites (tertiary alicyclic amines) is 1. The molecular weight excluding hydrogens is 306 g/mol. The summed E-state index contributed by atoms with van der Waals surface area (Å²) in [6, 6.07) is 7.66. The van der Waals surface area contributed by atoms with Gasteiger partial charge in [0, 0.05) is 32.7 Å². The van der Waals surface area contributed by atoms with Crippen molar-refractivity contribution in [1.29, 1.82) is 0 Å². The molecule has 1 aromatic heterocycles. The van der Waals surface area contributed by atoms with E-state index in [1.807, 2.05) is 24.3 Å². The van der Waals surface area contributed by atoms with Crippen molar-refractivity contribution in [2.45, 2.75) is 25.0 Å². The van der Waals surface area contributed by atoms with Crippen LogP contribution in [-0.4, -0.2) is 63.4 Å². The molecule has 1 aliphatic heterocycles. The Labute approximate surface area is 141 Å². The van der Waals surface area contributed by atoms with Gasteiger partial charge in [0.2, 0.25) is 0 Å². The Hall–Kier alpha value is -2.25. The van der Waals surface area contributed by atoms with Gasteiger partial charge in [-0.3, -0.25) is 9.69 Å². The maximum absolute atomic E-state index is 12.1. The zero-order valence-corrected chi connectivity index (χ0v) is 14.1. The van der Waals surface area contributed by atoms with Crippen LogP contribution in [0, 0.1) is 0 Å². The predicted molar refractivity (Wildman–Crippen MR) is 89.3 cm³/mol. The molecule has 0 spiro atoms. The number of hydrogen-bond acceptors (Lipinski definition) is 5. The van der Waals surface area contributed by atoms with Gasteiger partial charge < -0.3 is 10.0 Å². The van der Waals surface area contributed by atoms with E-state index in [1.54, 1.807) is 25.2 Å². The van der Waals surface area contributed by atoms with Crippen LogP contribution in [-0.2, 0) is 12.1 Å². The summed E-state index contributed by atoms with van der Waals surface area (Å²) in [7, 11) is 3.50. The van der Waals surface area contributed by atoms with Crippen LogP contribution in [0.4, 0.5) is 0 Å². The second-order valence-electron chi connectivity index (χ2n) is 6.60. The average Bonchev–Trinajstić information content (AvgIpc) is 3.10. The number of piperidine rings is 1. The second kappa shape index (κ2) is 6.70. The molecular formula is C17H23N5O2. The van der Waals surface area contributed by atoms with Crippen molar-refractivity contribution in [2.24, 2.45) is 0 Å². The minimum absolute atomic E-state index is 0.00500. The van der Waals surface area contributed by atoms with Crippen LogP contribution >= 0.6 is 0 Å². The van der Waals surface area contributed by atoms with Crippen LogP contribution in [0.5, 0.6) is 0 Å². The monoisotopic (exact) mass is 329 g/mol. The molecule has 1 aliphatic rings. The number of nitrogens with one attached hydrogen (secondary N) is 1. The molecule has 3 rings (SSSR count). The lowest BCUT2D eigenvalue weighted by Gasteiger charge is -2.38. The molecule has 0 aliphatic carbocycles. The lowest BCUT2D eigenvalue weighted by Crippen LogP contribution is -2.45. The highest BCUT2D eigenvalue weighted by Gasteiger charge is 2.37. The minimum Gasteiger partial charge on any atom is -0.382 e. The van der Waals surface area contributed by atoms with Crippen molar-refractivity contribution in [2.75, 3.05) is 27.2 Å². The van der Waals surface area contributed by atoms with E-state index in [-0.39, 0.29) is 5.91 Å². The molecule has 24 heavy (non-hydrogen) atoms. The minimum atomic E-state index is -0.970. The Morgan fingerprint density at radius 1 is 1.46 bits per heavy atom. The number of carbonyl (C=O) groups is 1. The van der Waals surface area contributed by atoms with Gasteiger partial charge in [-0.15, -0.1) is 0 Å². The lowest BCUT2D eigenvalue weighted by molar-refractivity contribution is -0.0414. The number of β-amino-alcohol motifs (C(OH)–C–C–N with tert-alkyl or cyclic N) is 1. The highest BCUT2D eigenvalue weighted by Crippen LogP contribution is 2.30. The summed E-state index contributed by atoms with van der Waals surface area (Å²) < 4.78 is 0.